The summed E-state index contributed by atoms with van der Waals surface area (Å²) >= 11 is 0. The first-order valence-electron chi connectivity index (χ1n) is 6.26. The van der Waals surface area contributed by atoms with Crippen LogP contribution in [0.1, 0.15) is 19.8 Å². The van der Waals surface area contributed by atoms with Crippen molar-refractivity contribution in [1.29, 1.82) is 0 Å². The van der Waals surface area contributed by atoms with Crippen LogP contribution >= 0.6 is 0 Å². The summed E-state index contributed by atoms with van der Waals surface area (Å²) < 4.78 is 29.7. The predicted molar refractivity (Wildman–Crippen MR) is 68.6 cm³/mol. The van der Waals surface area contributed by atoms with Gasteiger partial charge >= 0.3 is 5.97 Å². The van der Waals surface area contributed by atoms with E-state index in [0.29, 0.717) is 12.5 Å². The second-order valence-corrected chi connectivity index (χ2v) is 6.63. The second-order valence-electron chi connectivity index (χ2n) is 4.55. The first kappa shape index (κ1) is 15.4. The molecule has 0 aromatic rings. The predicted octanol–water partition coefficient (Wildman–Crippen LogP) is -0.189. The number of sulfonamides is 1. The van der Waals surface area contributed by atoms with Gasteiger partial charge in [-0.25, -0.2) is 12.7 Å². The Bertz CT molecular complexity index is 363. The molecular weight excluding hydrogens is 256 g/mol. The summed E-state index contributed by atoms with van der Waals surface area (Å²) in [7, 11) is -2.03. The average molecular weight is 278 g/mol. The van der Waals surface area contributed by atoms with Gasteiger partial charge in [0.15, 0.2) is 5.75 Å². The van der Waals surface area contributed by atoms with Crippen LogP contribution in [-0.2, 0) is 19.6 Å². The van der Waals surface area contributed by atoms with E-state index in [0.717, 1.165) is 25.9 Å². The maximum Gasteiger partial charge on any atom is 0.322 e. The molecule has 0 aromatic heterocycles. The zero-order valence-electron chi connectivity index (χ0n) is 11.0. The van der Waals surface area contributed by atoms with Crippen molar-refractivity contribution in [2.24, 2.45) is 5.92 Å². The van der Waals surface area contributed by atoms with Crippen molar-refractivity contribution in [2.45, 2.75) is 19.8 Å². The number of hydrogen-bond donors (Lipinski definition) is 1. The smallest absolute Gasteiger partial charge is 0.322 e. The van der Waals surface area contributed by atoms with Crippen LogP contribution in [0.4, 0.5) is 0 Å². The summed E-state index contributed by atoms with van der Waals surface area (Å²) in [5.41, 5.74) is 0. The fourth-order valence-corrected chi connectivity index (χ4v) is 3.06. The molecular formula is C11H22N2O4S. The molecule has 18 heavy (non-hydrogen) atoms. The lowest BCUT2D eigenvalue weighted by Gasteiger charge is -2.27. The molecule has 0 saturated carbocycles. The summed E-state index contributed by atoms with van der Waals surface area (Å²) in [5.74, 6) is -0.941. The highest BCUT2D eigenvalue weighted by molar-refractivity contribution is 7.89. The highest BCUT2D eigenvalue weighted by Crippen LogP contribution is 2.13. The summed E-state index contributed by atoms with van der Waals surface area (Å²) in [6.45, 7) is 4.14. The summed E-state index contributed by atoms with van der Waals surface area (Å²) in [5, 5.41) is 3.24. The van der Waals surface area contributed by atoms with Crippen LogP contribution in [0.5, 0.6) is 0 Å². The molecule has 1 aliphatic rings. The van der Waals surface area contributed by atoms with Gasteiger partial charge in [0.1, 0.15) is 0 Å². The van der Waals surface area contributed by atoms with Crippen LogP contribution < -0.4 is 5.32 Å². The monoisotopic (exact) mass is 278 g/mol. The maximum absolute atomic E-state index is 11.9. The van der Waals surface area contributed by atoms with E-state index >= 15 is 0 Å². The van der Waals surface area contributed by atoms with Crippen LogP contribution in [0, 0.1) is 5.92 Å². The van der Waals surface area contributed by atoms with Gasteiger partial charge in [-0.15, -0.1) is 0 Å². The van der Waals surface area contributed by atoms with Gasteiger partial charge < -0.3 is 10.1 Å². The molecule has 1 rings (SSSR count). The van der Waals surface area contributed by atoms with Crippen LogP contribution in [0.2, 0.25) is 0 Å². The first-order valence-corrected chi connectivity index (χ1v) is 7.87. The van der Waals surface area contributed by atoms with E-state index in [9.17, 15) is 13.2 Å². The Morgan fingerprint density at radius 2 is 2.22 bits per heavy atom. The van der Waals surface area contributed by atoms with Crippen LogP contribution in [0.25, 0.3) is 0 Å². The van der Waals surface area contributed by atoms with Crippen LogP contribution in [-0.4, -0.2) is 57.7 Å². The summed E-state index contributed by atoms with van der Waals surface area (Å²) in [4.78, 5) is 11.2. The summed E-state index contributed by atoms with van der Waals surface area (Å²) in [6, 6.07) is 0. The number of hydrogen-bond acceptors (Lipinski definition) is 5. The Labute approximate surface area is 109 Å². The van der Waals surface area contributed by atoms with Crippen molar-refractivity contribution >= 4 is 16.0 Å². The Morgan fingerprint density at radius 1 is 1.50 bits per heavy atom. The van der Waals surface area contributed by atoms with Crippen molar-refractivity contribution in [3.05, 3.63) is 0 Å². The highest BCUT2D eigenvalue weighted by Gasteiger charge is 2.25. The zero-order valence-corrected chi connectivity index (χ0v) is 11.8. The Balaban J connectivity index is 2.47. The van der Waals surface area contributed by atoms with Gasteiger partial charge in [-0.3, -0.25) is 4.79 Å². The molecule has 1 fully saturated rings. The molecule has 6 nitrogen and oxygen atoms in total. The minimum absolute atomic E-state index is 0.199. The van der Waals surface area contributed by atoms with E-state index in [-0.39, 0.29) is 6.61 Å². The Hall–Kier alpha value is -0.660. The summed E-state index contributed by atoms with van der Waals surface area (Å²) in [6.07, 6.45) is 2.09. The lowest BCUT2D eigenvalue weighted by atomic mass is 10.00. The molecule has 1 heterocycles. The molecule has 0 aromatic carbocycles. The normalized spacial score (nSPS) is 20.9. The molecule has 0 amide bonds. The molecule has 1 atom stereocenters. The van der Waals surface area contributed by atoms with Gasteiger partial charge in [-0.2, -0.15) is 0 Å². The van der Waals surface area contributed by atoms with Gasteiger partial charge in [0.2, 0.25) is 10.0 Å². The molecule has 1 saturated heterocycles. The van der Waals surface area contributed by atoms with Gasteiger partial charge in [-0.1, -0.05) is 0 Å². The number of rotatable bonds is 6. The maximum atomic E-state index is 11.9. The third-order valence-electron chi connectivity index (χ3n) is 2.99. The molecule has 0 radical (unpaired) electrons. The van der Waals surface area contributed by atoms with Gasteiger partial charge in [-0.05, 0) is 38.8 Å². The van der Waals surface area contributed by atoms with Crippen LogP contribution in [0.15, 0.2) is 0 Å². The highest BCUT2D eigenvalue weighted by atomic mass is 32.2. The molecule has 0 bridgehead atoms. The molecule has 1 aliphatic heterocycles. The number of ether oxygens (including phenoxy) is 1. The van der Waals surface area contributed by atoms with Gasteiger partial charge in [0.05, 0.1) is 6.61 Å². The topological polar surface area (TPSA) is 75.7 Å². The number of esters is 1. The Morgan fingerprint density at radius 3 is 2.78 bits per heavy atom. The fourth-order valence-electron chi connectivity index (χ4n) is 2.02. The number of carbonyl (C=O) groups is 1. The lowest BCUT2D eigenvalue weighted by molar-refractivity contribution is -0.140. The standard InChI is InChI=1S/C11H22N2O4S/c1-3-17-11(14)9-18(15,16)13(2)8-10-5-4-6-12-7-10/h10,12H,3-9H2,1-2H3. The van der Waals surface area contributed by atoms with Crippen molar-refractivity contribution < 1.29 is 17.9 Å². The van der Waals surface area contributed by atoms with Crippen molar-refractivity contribution in [3.63, 3.8) is 0 Å². The van der Waals surface area contributed by atoms with E-state index in [4.69, 9.17) is 0 Å². The van der Waals surface area contributed by atoms with E-state index < -0.39 is 21.7 Å². The lowest BCUT2D eigenvalue weighted by Crippen LogP contribution is -2.41. The van der Waals surface area contributed by atoms with E-state index in [1.807, 2.05) is 0 Å². The van der Waals surface area contributed by atoms with Crippen molar-refractivity contribution in [3.8, 4) is 0 Å². The van der Waals surface area contributed by atoms with Gasteiger partial charge in [0, 0.05) is 13.6 Å². The molecule has 1 N–H and O–H groups in total. The second kappa shape index (κ2) is 7.06. The fraction of sp³-hybridized carbons (Fsp3) is 0.909. The minimum Gasteiger partial charge on any atom is -0.465 e. The number of nitrogens with zero attached hydrogens (tertiary/aromatic N) is 1. The molecule has 106 valence electrons. The SMILES string of the molecule is CCOC(=O)CS(=O)(=O)N(C)CC1CCCNC1. The largest absolute Gasteiger partial charge is 0.465 e. The molecule has 7 heteroatoms. The number of nitrogens with one attached hydrogen (secondary N) is 1. The third-order valence-corrected chi connectivity index (χ3v) is 4.69. The van der Waals surface area contributed by atoms with Crippen molar-refractivity contribution in [2.75, 3.05) is 39.0 Å². The first-order chi connectivity index (χ1) is 8.45. The zero-order chi connectivity index (χ0) is 13.6. The number of carbonyl (C=O) groups excluding carboxylic acids is 1. The van der Waals surface area contributed by atoms with Crippen LogP contribution in [0.3, 0.4) is 0 Å². The molecule has 0 aliphatic carbocycles. The number of piperidine rings is 1. The van der Waals surface area contributed by atoms with Crippen molar-refractivity contribution in [1.82, 2.24) is 9.62 Å². The minimum atomic E-state index is -3.55. The van der Waals surface area contributed by atoms with E-state index in [1.54, 1.807) is 6.92 Å². The van der Waals surface area contributed by atoms with E-state index in [2.05, 4.69) is 10.1 Å². The van der Waals surface area contributed by atoms with E-state index in [1.165, 1.54) is 11.4 Å². The Kier molecular flexibility index (Phi) is 6.04. The quantitative estimate of drug-likeness (QED) is 0.682. The third kappa shape index (κ3) is 4.91. The molecule has 1 unspecified atom stereocenters. The molecule has 0 spiro atoms. The average Bonchev–Trinajstić information content (AvgIpc) is 2.29. The van der Waals surface area contributed by atoms with Gasteiger partial charge in [0.25, 0.3) is 0 Å².